The molecule has 0 bridgehead atoms. The summed E-state index contributed by atoms with van der Waals surface area (Å²) in [5.74, 6) is -0.988. The van der Waals surface area contributed by atoms with Crippen LogP contribution in [0.25, 0.3) is 0 Å². The molecule has 2 aliphatic rings. The molecule has 1 aromatic heterocycles. The van der Waals surface area contributed by atoms with Crippen LogP contribution < -0.4 is 14.4 Å². The molecule has 3 atom stereocenters. The maximum atomic E-state index is 12.9. The Labute approximate surface area is 181 Å². The molecule has 1 saturated carbocycles. The van der Waals surface area contributed by atoms with E-state index in [-0.39, 0.29) is 30.8 Å². The number of hydrogen-bond donors (Lipinski definition) is 0. The molecule has 31 heavy (non-hydrogen) atoms. The number of rotatable bonds is 9. The Morgan fingerprint density at radius 1 is 1.23 bits per heavy atom. The van der Waals surface area contributed by atoms with Crippen LogP contribution >= 0.6 is 0 Å². The van der Waals surface area contributed by atoms with Gasteiger partial charge in [0.25, 0.3) is 5.92 Å². The zero-order chi connectivity index (χ0) is 22.0. The predicted molar refractivity (Wildman–Crippen MR) is 114 cm³/mol. The first-order valence-corrected chi connectivity index (χ1v) is 10.9. The molecule has 0 N–H and O–H groups in total. The summed E-state index contributed by atoms with van der Waals surface area (Å²) in [5.41, 5.74) is 1.00. The average molecular weight is 430 g/mol. The minimum absolute atomic E-state index is 0.0256. The summed E-state index contributed by atoms with van der Waals surface area (Å²) in [6.07, 6.45) is 2.96. The Kier molecular flexibility index (Phi) is 6.12. The van der Waals surface area contributed by atoms with Crippen LogP contribution in [-0.4, -0.2) is 42.5 Å². The summed E-state index contributed by atoms with van der Waals surface area (Å²) in [4.78, 5) is 18.4. The Morgan fingerprint density at radius 2 is 1.94 bits per heavy atom. The van der Waals surface area contributed by atoms with Crippen LogP contribution in [0.4, 0.5) is 14.6 Å². The van der Waals surface area contributed by atoms with Crippen LogP contribution in [0, 0.1) is 5.92 Å². The van der Waals surface area contributed by atoms with Crippen LogP contribution in [0.2, 0.25) is 0 Å². The molecule has 0 spiro atoms. The number of nitrogens with zero attached hydrogens (tertiary/aromatic N) is 2. The Hall–Kier alpha value is -2.70. The van der Waals surface area contributed by atoms with E-state index in [2.05, 4.69) is 9.88 Å². The van der Waals surface area contributed by atoms with Crippen LogP contribution in [-0.2, 0) is 4.79 Å². The lowest BCUT2D eigenvalue weighted by Crippen LogP contribution is -2.25. The number of ether oxygens (including phenoxy) is 2. The van der Waals surface area contributed by atoms with E-state index in [1.54, 1.807) is 12.3 Å². The zero-order valence-electron chi connectivity index (χ0n) is 17.9. The van der Waals surface area contributed by atoms with Gasteiger partial charge in [-0.2, -0.15) is 0 Å². The molecular weight excluding hydrogens is 402 g/mol. The van der Waals surface area contributed by atoms with Crippen molar-refractivity contribution in [2.75, 3.05) is 24.6 Å². The van der Waals surface area contributed by atoms with Crippen molar-refractivity contribution in [2.24, 2.45) is 5.92 Å². The number of Topliss-reactive ketones (excluding diaryl/α,β-unsaturated/α-hetero) is 1. The molecule has 2 fully saturated rings. The number of benzene rings is 1. The SMILES string of the molecule is CCC(=O)C(C)c1ccc(O[C@@H]2CCN(c3ccc(OCC4CC4(F)F)cn3)C2)cc1. The van der Waals surface area contributed by atoms with Gasteiger partial charge in [0.15, 0.2) is 0 Å². The van der Waals surface area contributed by atoms with Crippen molar-refractivity contribution in [1.29, 1.82) is 0 Å². The maximum Gasteiger partial charge on any atom is 0.255 e. The van der Waals surface area contributed by atoms with Gasteiger partial charge in [-0.25, -0.2) is 13.8 Å². The molecule has 2 unspecified atom stereocenters. The van der Waals surface area contributed by atoms with Crippen molar-refractivity contribution in [2.45, 2.75) is 51.1 Å². The predicted octanol–water partition coefficient (Wildman–Crippen LogP) is 4.86. The number of hydrogen-bond acceptors (Lipinski definition) is 5. The Bertz CT molecular complexity index is 902. The van der Waals surface area contributed by atoms with E-state index in [1.165, 1.54) is 0 Å². The van der Waals surface area contributed by atoms with Gasteiger partial charge >= 0.3 is 0 Å². The molecule has 1 aliphatic carbocycles. The molecule has 2 heterocycles. The van der Waals surface area contributed by atoms with Crippen LogP contribution in [0.15, 0.2) is 42.6 Å². The lowest BCUT2D eigenvalue weighted by Gasteiger charge is -2.18. The van der Waals surface area contributed by atoms with E-state index in [9.17, 15) is 13.6 Å². The van der Waals surface area contributed by atoms with Crippen LogP contribution in [0.1, 0.15) is 44.6 Å². The van der Waals surface area contributed by atoms with Crippen molar-refractivity contribution >= 4 is 11.6 Å². The van der Waals surface area contributed by atoms with E-state index in [4.69, 9.17) is 9.47 Å². The van der Waals surface area contributed by atoms with E-state index in [0.717, 1.165) is 30.1 Å². The topological polar surface area (TPSA) is 51.7 Å². The fourth-order valence-corrected chi connectivity index (χ4v) is 3.84. The van der Waals surface area contributed by atoms with E-state index in [1.807, 2.05) is 44.2 Å². The third kappa shape index (κ3) is 5.14. The average Bonchev–Trinajstić information content (AvgIpc) is 3.15. The fourth-order valence-electron chi connectivity index (χ4n) is 3.84. The fraction of sp³-hybridized carbons (Fsp3) is 0.500. The van der Waals surface area contributed by atoms with Crippen molar-refractivity contribution in [1.82, 2.24) is 4.98 Å². The summed E-state index contributed by atoms with van der Waals surface area (Å²) in [6.45, 7) is 5.38. The highest BCUT2D eigenvalue weighted by Crippen LogP contribution is 2.48. The van der Waals surface area contributed by atoms with Gasteiger partial charge in [0.2, 0.25) is 0 Å². The molecule has 0 radical (unpaired) electrons. The number of halogens is 2. The molecule has 1 aliphatic heterocycles. The van der Waals surface area contributed by atoms with Crippen molar-refractivity contribution in [3.63, 3.8) is 0 Å². The molecule has 1 saturated heterocycles. The molecule has 166 valence electrons. The number of carbonyl (C=O) groups excluding carboxylic acids is 1. The van der Waals surface area contributed by atoms with Gasteiger partial charge < -0.3 is 14.4 Å². The minimum atomic E-state index is -2.57. The molecule has 2 aromatic rings. The molecule has 4 rings (SSSR count). The third-order valence-corrected chi connectivity index (χ3v) is 6.11. The highest BCUT2D eigenvalue weighted by atomic mass is 19.3. The highest BCUT2D eigenvalue weighted by Gasteiger charge is 2.57. The monoisotopic (exact) mass is 430 g/mol. The number of pyridine rings is 1. The number of aromatic nitrogens is 1. The number of ketones is 1. The smallest absolute Gasteiger partial charge is 0.255 e. The summed E-state index contributed by atoms with van der Waals surface area (Å²) in [5, 5.41) is 0. The van der Waals surface area contributed by atoms with Gasteiger partial charge in [-0.1, -0.05) is 26.0 Å². The molecule has 1 aromatic carbocycles. The van der Waals surface area contributed by atoms with Gasteiger partial charge in [-0.15, -0.1) is 0 Å². The first-order chi connectivity index (χ1) is 14.9. The van der Waals surface area contributed by atoms with E-state index in [0.29, 0.717) is 18.7 Å². The van der Waals surface area contributed by atoms with Gasteiger partial charge in [0, 0.05) is 31.7 Å². The van der Waals surface area contributed by atoms with Crippen molar-refractivity contribution in [3.8, 4) is 11.5 Å². The quantitative estimate of drug-likeness (QED) is 0.569. The van der Waals surface area contributed by atoms with Gasteiger partial charge in [0.05, 0.1) is 25.3 Å². The second-order valence-corrected chi connectivity index (χ2v) is 8.41. The first kappa shape index (κ1) is 21.5. The number of anilines is 1. The summed E-state index contributed by atoms with van der Waals surface area (Å²) in [7, 11) is 0. The highest BCUT2D eigenvalue weighted by molar-refractivity contribution is 5.85. The zero-order valence-corrected chi connectivity index (χ0v) is 17.9. The van der Waals surface area contributed by atoms with Gasteiger partial charge in [-0.3, -0.25) is 4.79 Å². The molecule has 0 amide bonds. The Balaban J connectivity index is 1.27. The van der Waals surface area contributed by atoms with E-state index >= 15 is 0 Å². The second kappa shape index (κ2) is 8.81. The largest absolute Gasteiger partial charge is 0.491 e. The minimum Gasteiger partial charge on any atom is -0.491 e. The second-order valence-electron chi connectivity index (χ2n) is 8.41. The summed E-state index contributed by atoms with van der Waals surface area (Å²) >= 11 is 0. The lowest BCUT2D eigenvalue weighted by molar-refractivity contribution is -0.119. The number of carbonyl (C=O) groups is 1. The lowest BCUT2D eigenvalue weighted by atomic mass is 9.95. The molecule has 7 heteroatoms. The maximum absolute atomic E-state index is 12.9. The standard InChI is InChI=1S/C24H28F2N2O3/c1-3-22(29)16(2)17-4-6-19(7-5-17)31-21-10-11-28(14-21)23-9-8-20(13-27-23)30-15-18-12-24(18,25)26/h4-9,13,16,18,21H,3,10-12,14-15H2,1-2H3/t16?,18?,21-/m1/s1. The normalized spacial score (nSPS) is 22.8. The van der Waals surface area contributed by atoms with Crippen LogP contribution in [0.3, 0.4) is 0 Å². The van der Waals surface area contributed by atoms with E-state index < -0.39 is 11.8 Å². The first-order valence-electron chi connectivity index (χ1n) is 10.9. The van der Waals surface area contributed by atoms with Crippen LogP contribution in [0.5, 0.6) is 11.5 Å². The number of alkyl halides is 2. The van der Waals surface area contributed by atoms with Crippen molar-refractivity contribution < 1.29 is 23.0 Å². The van der Waals surface area contributed by atoms with Gasteiger partial charge in [0.1, 0.15) is 29.2 Å². The summed E-state index contributed by atoms with van der Waals surface area (Å²) < 4.78 is 37.4. The molecule has 5 nitrogen and oxygen atoms in total. The third-order valence-electron chi connectivity index (χ3n) is 6.11. The summed E-state index contributed by atoms with van der Waals surface area (Å²) in [6, 6.07) is 11.4. The van der Waals surface area contributed by atoms with Gasteiger partial charge in [-0.05, 0) is 29.8 Å². The Morgan fingerprint density at radius 3 is 2.55 bits per heavy atom. The molecular formula is C24H28F2N2O3. The van der Waals surface area contributed by atoms with Crippen molar-refractivity contribution in [3.05, 3.63) is 48.2 Å².